The van der Waals surface area contributed by atoms with Gasteiger partial charge in [-0.15, -0.1) is 5.10 Å². The number of carbonyl (C=O) groups excluding carboxylic acids is 1. The van der Waals surface area contributed by atoms with Gasteiger partial charge in [0.25, 0.3) is 5.91 Å². The molecule has 1 aromatic carbocycles. The molecule has 9 heteroatoms. The highest BCUT2D eigenvalue weighted by atomic mass is 19.1. The smallest absolute Gasteiger partial charge is 0.289 e. The number of hydrogen-bond donors (Lipinski definition) is 0. The Morgan fingerprint density at radius 2 is 1.88 bits per heavy atom. The van der Waals surface area contributed by atoms with Crippen molar-refractivity contribution >= 4 is 5.91 Å². The van der Waals surface area contributed by atoms with Crippen LogP contribution < -0.4 is 0 Å². The van der Waals surface area contributed by atoms with Crippen LogP contribution in [0.4, 0.5) is 4.39 Å². The summed E-state index contributed by atoms with van der Waals surface area (Å²) in [5, 5.41) is 11.8. The predicted molar refractivity (Wildman–Crippen MR) is 89.0 cm³/mol. The maximum Gasteiger partial charge on any atom is 0.289 e. The number of nitrogens with zero attached hydrogens (tertiary/aromatic N) is 6. The first-order valence-electron chi connectivity index (χ1n) is 8.29. The summed E-state index contributed by atoms with van der Waals surface area (Å²) in [6.07, 6.45) is 1.50. The number of furan rings is 1. The molecule has 2 aromatic heterocycles. The molecule has 1 aliphatic rings. The van der Waals surface area contributed by atoms with E-state index in [9.17, 15) is 9.18 Å². The molecular weight excluding hydrogens is 339 g/mol. The topological polar surface area (TPSA) is 80.3 Å². The van der Waals surface area contributed by atoms with Crippen molar-refractivity contribution in [2.45, 2.75) is 6.54 Å². The summed E-state index contributed by atoms with van der Waals surface area (Å²) in [4.78, 5) is 16.3. The molecule has 0 radical (unpaired) electrons. The zero-order valence-corrected chi connectivity index (χ0v) is 14.0. The highest BCUT2D eigenvalue weighted by Gasteiger charge is 2.24. The van der Waals surface area contributed by atoms with Crippen molar-refractivity contribution in [1.82, 2.24) is 30.0 Å². The van der Waals surface area contributed by atoms with Crippen LogP contribution in [0.25, 0.3) is 5.69 Å². The fourth-order valence-corrected chi connectivity index (χ4v) is 2.95. The van der Waals surface area contributed by atoms with E-state index >= 15 is 0 Å². The number of benzene rings is 1. The van der Waals surface area contributed by atoms with Gasteiger partial charge in [0.1, 0.15) is 5.82 Å². The van der Waals surface area contributed by atoms with E-state index in [4.69, 9.17) is 4.42 Å². The van der Waals surface area contributed by atoms with Crippen LogP contribution >= 0.6 is 0 Å². The second-order valence-corrected chi connectivity index (χ2v) is 6.03. The Labute approximate surface area is 148 Å². The van der Waals surface area contributed by atoms with Crippen molar-refractivity contribution in [3.63, 3.8) is 0 Å². The van der Waals surface area contributed by atoms with Gasteiger partial charge >= 0.3 is 0 Å². The van der Waals surface area contributed by atoms with Gasteiger partial charge in [-0.25, -0.2) is 4.39 Å². The van der Waals surface area contributed by atoms with Crippen molar-refractivity contribution in [2.75, 3.05) is 26.2 Å². The zero-order valence-electron chi connectivity index (χ0n) is 14.0. The minimum absolute atomic E-state index is 0.0919. The number of hydrogen-bond acceptors (Lipinski definition) is 6. The van der Waals surface area contributed by atoms with Gasteiger partial charge in [-0.3, -0.25) is 9.69 Å². The summed E-state index contributed by atoms with van der Waals surface area (Å²) in [5.74, 6) is 0.632. The molecule has 1 aliphatic heterocycles. The first kappa shape index (κ1) is 16.4. The number of rotatable bonds is 4. The van der Waals surface area contributed by atoms with Gasteiger partial charge in [0, 0.05) is 26.2 Å². The summed E-state index contributed by atoms with van der Waals surface area (Å²) in [5.41, 5.74) is 0.707. The molecule has 1 amide bonds. The van der Waals surface area contributed by atoms with Crippen molar-refractivity contribution in [3.05, 3.63) is 60.1 Å². The average Bonchev–Trinajstić information content (AvgIpc) is 3.35. The van der Waals surface area contributed by atoms with E-state index in [1.54, 1.807) is 33.8 Å². The van der Waals surface area contributed by atoms with Crippen LogP contribution in [-0.2, 0) is 6.54 Å². The van der Waals surface area contributed by atoms with Crippen LogP contribution in [0.3, 0.4) is 0 Å². The van der Waals surface area contributed by atoms with E-state index < -0.39 is 0 Å². The molecule has 0 spiro atoms. The molecule has 3 aromatic rings. The van der Waals surface area contributed by atoms with Crippen LogP contribution in [0.2, 0.25) is 0 Å². The molecule has 0 atom stereocenters. The van der Waals surface area contributed by atoms with Crippen LogP contribution in [0.15, 0.2) is 47.1 Å². The minimum Gasteiger partial charge on any atom is -0.459 e. The van der Waals surface area contributed by atoms with Gasteiger partial charge in [0.15, 0.2) is 11.6 Å². The molecule has 3 heterocycles. The van der Waals surface area contributed by atoms with Crippen LogP contribution in [0.5, 0.6) is 0 Å². The van der Waals surface area contributed by atoms with Crippen molar-refractivity contribution < 1.29 is 13.6 Å². The zero-order chi connectivity index (χ0) is 17.9. The number of tetrazole rings is 1. The molecule has 0 saturated carbocycles. The minimum atomic E-state index is -0.305. The number of halogens is 1. The van der Waals surface area contributed by atoms with Gasteiger partial charge in [-0.05, 0) is 46.8 Å². The number of piperazine rings is 1. The fourth-order valence-electron chi connectivity index (χ4n) is 2.95. The summed E-state index contributed by atoms with van der Waals surface area (Å²) < 4.78 is 19.9. The van der Waals surface area contributed by atoms with Gasteiger partial charge in [0.05, 0.1) is 18.5 Å². The van der Waals surface area contributed by atoms with E-state index in [0.29, 0.717) is 50.0 Å². The summed E-state index contributed by atoms with van der Waals surface area (Å²) in [6.45, 7) is 3.19. The molecule has 0 N–H and O–H groups in total. The van der Waals surface area contributed by atoms with Crippen LogP contribution in [-0.4, -0.2) is 62.1 Å². The third-order valence-electron chi connectivity index (χ3n) is 4.36. The number of amides is 1. The SMILES string of the molecule is O=C(c1ccco1)N1CCN(Cc2nnnn2-c2ccc(F)cc2)CC1. The quantitative estimate of drug-likeness (QED) is 0.702. The number of carbonyl (C=O) groups is 1. The molecule has 134 valence electrons. The Hall–Kier alpha value is -3.07. The van der Waals surface area contributed by atoms with E-state index in [0.717, 1.165) is 0 Å². The average molecular weight is 356 g/mol. The standard InChI is InChI=1S/C17H17FN6O2/c18-13-3-5-14(6-4-13)24-16(19-20-21-24)12-22-7-9-23(10-8-22)17(25)15-2-1-11-26-15/h1-6,11H,7-10,12H2. The monoisotopic (exact) mass is 356 g/mol. The molecule has 26 heavy (non-hydrogen) atoms. The molecule has 0 unspecified atom stereocenters. The Kier molecular flexibility index (Phi) is 4.44. The lowest BCUT2D eigenvalue weighted by Gasteiger charge is -2.33. The second kappa shape index (κ2) is 7.04. The lowest BCUT2D eigenvalue weighted by molar-refractivity contribution is 0.0594. The lowest BCUT2D eigenvalue weighted by Crippen LogP contribution is -2.48. The van der Waals surface area contributed by atoms with Crippen molar-refractivity contribution in [2.24, 2.45) is 0 Å². The Bertz CT molecular complexity index is 869. The predicted octanol–water partition coefficient (Wildman–Crippen LogP) is 1.35. The molecule has 1 saturated heterocycles. The molecular formula is C17H17FN6O2. The largest absolute Gasteiger partial charge is 0.459 e. The Morgan fingerprint density at radius 3 is 2.58 bits per heavy atom. The molecule has 1 fully saturated rings. The van der Waals surface area contributed by atoms with E-state index in [-0.39, 0.29) is 11.7 Å². The van der Waals surface area contributed by atoms with Crippen molar-refractivity contribution in [1.29, 1.82) is 0 Å². The fraction of sp³-hybridized carbons (Fsp3) is 0.294. The maximum absolute atomic E-state index is 13.1. The highest BCUT2D eigenvalue weighted by Crippen LogP contribution is 2.13. The third-order valence-corrected chi connectivity index (χ3v) is 4.36. The first-order valence-corrected chi connectivity index (χ1v) is 8.29. The van der Waals surface area contributed by atoms with Crippen LogP contribution in [0, 0.1) is 5.82 Å². The third kappa shape index (κ3) is 3.33. The second-order valence-electron chi connectivity index (χ2n) is 6.03. The Balaban J connectivity index is 1.39. The van der Waals surface area contributed by atoms with E-state index in [1.807, 2.05) is 0 Å². The molecule has 0 bridgehead atoms. The maximum atomic E-state index is 13.1. The summed E-state index contributed by atoms with van der Waals surface area (Å²) in [6, 6.07) is 9.40. The summed E-state index contributed by atoms with van der Waals surface area (Å²) in [7, 11) is 0. The normalized spacial score (nSPS) is 15.3. The van der Waals surface area contributed by atoms with Gasteiger partial charge in [-0.1, -0.05) is 0 Å². The molecule has 4 rings (SSSR count). The van der Waals surface area contributed by atoms with E-state index in [2.05, 4.69) is 20.4 Å². The van der Waals surface area contributed by atoms with Gasteiger partial charge in [-0.2, -0.15) is 4.68 Å². The van der Waals surface area contributed by atoms with Crippen LogP contribution in [0.1, 0.15) is 16.4 Å². The lowest BCUT2D eigenvalue weighted by atomic mass is 10.2. The van der Waals surface area contributed by atoms with Gasteiger partial charge in [0.2, 0.25) is 0 Å². The highest BCUT2D eigenvalue weighted by molar-refractivity contribution is 5.91. The first-order chi connectivity index (χ1) is 12.7. The number of aromatic nitrogens is 4. The van der Waals surface area contributed by atoms with Gasteiger partial charge < -0.3 is 9.32 Å². The molecule has 8 nitrogen and oxygen atoms in total. The Morgan fingerprint density at radius 1 is 1.12 bits per heavy atom. The summed E-state index contributed by atoms with van der Waals surface area (Å²) >= 11 is 0. The van der Waals surface area contributed by atoms with E-state index in [1.165, 1.54) is 18.4 Å². The molecule has 0 aliphatic carbocycles. The van der Waals surface area contributed by atoms with Crippen molar-refractivity contribution in [3.8, 4) is 5.69 Å².